The molecule has 2 aromatic carbocycles. The molecule has 0 aliphatic heterocycles. The fraction of sp³-hybridized carbons (Fsp3) is 0.176. The van der Waals surface area contributed by atoms with E-state index < -0.39 is 0 Å². The quantitative estimate of drug-likeness (QED) is 0.542. The van der Waals surface area contributed by atoms with Gasteiger partial charge in [0.25, 0.3) is 0 Å². The Morgan fingerprint density at radius 1 is 1.18 bits per heavy atom. The lowest BCUT2D eigenvalue weighted by Gasteiger charge is -2.02. The number of fused-ring (bicyclic) bond motifs is 1. The highest BCUT2D eigenvalue weighted by Gasteiger charge is 2.31. The third kappa shape index (κ3) is 2.35. The van der Waals surface area contributed by atoms with Crippen molar-refractivity contribution in [3.05, 3.63) is 48.3 Å². The molecule has 0 N–H and O–H groups in total. The van der Waals surface area contributed by atoms with Crippen molar-refractivity contribution in [2.24, 2.45) is 5.92 Å². The Bertz CT molecular complexity index is 850. The van der Waals surface area contributed by atoms with E-state index in [0.29, 0.717) is 17.0 Å². The first kappa shape index (κ1) is 13.0. The molecule has 0 radical (unpaired) electrons. The summed E-state index contributed by atoms with van der Waals surface area (Å²) < 4.78 is 23.6. The second-order valence-electron chi connectivity index (χ2n) is 5.39. The van der Waals surface area contributed by atoms with Crippen molar-refractivity contribution in [2.45, 2.75) is 12.8 Å². The molecule has 3 aromatic rings. The zero-order valence-electron chi connectivity index (χ0n) is 11.6. The van der Waals surface area contributed by atoms with E-state index in [4.69, 9.17) is 9.26 Å². The van der Waals surface area contributed by atoms with Gasteiger partial charge >= 0.3 is 5.97 Å². The molecule has 1 fully saturated rings. The number of esters is 1. The van der Waals surface area contributed by atoms with Crippen LogP contribution in [0.1, 0.15) is 12.8 Å². The molecular formula is C17H12FNO3. The standard InChI is InChI=1S/C17H12FNO3/c18-12-5-3-10(4-6-12)16-14-8-7-13(9-15(14)22-19-16)21-17(20)11-1-2-11/h3-9,11H,1-2H2. The van der Waals surface area contributed by atoms with Gasteiger partial charge in [-0.05, 0) is 49.2 Å². The monoisotopic (exact) mass is 297 g/mol. The van der Waals surface area contributed by atoms with Gasteiger partial charge in [-0.2, -0.15) is 0 Å². The van der Waals surface area contributed by atoms with Gasteiger partial charge in [-0.3, -0.25) is 4.79 Å². The minimum Gasteiger partial charge on any atom is -0.426 e. The van der Waals surface area contributed by atoms with E-state index in [9.17, 15) is 9.18 Å². The van der Waals surface area contributed by atoms with Crippen LogP contribution in [-0.2, 0) is 4.79 Å². The maximum absolute atomic E-state index is 13.0. The molecule has 1 aliphatic carbocycles. The first-order valence-corrected chi connectivity index (χ1v) is 7.08. The van der Waals surface area contributed by atoms with Crippen molar-refractivity contribution in [3.63, 3.8) is 0 Å². The van der Waals surface area contributed by atoms with Crippen molar-refractivity contribution in [3.8, 4) is 17.0 Å². The van der Waals surface area contributed by atoms with Gasteiger partial charge in [-0.15, -0.1) is 0 Å². The van der Waals surface area contributed by atoms with Gasteiger partial charge in [-0.1, -0.05) is 5.16 Å². The largest absolute Gasteiger partial charge is 0.426 e. The summed E-state index contributed by atoms with van der Waals surface area (Å²) in [5, 5.41) is 4.81. The summed E-state index contributed by atoms with van der Waals surface area (Å²) in [6.07, 6.45) is 1.80. The van der Waals surface area contributed by atoms with Crippen molar-refractivity contribution >= 4 is 16.9 Å². The van der Waals surface area contributed by atoms with Gasteiger partial charge in [0.15, 0.2) is 5.58 Å². The van der Waals surface area contributed by atoms with Gasteiger partial charge in [0.05, 0.1) is 5.92 Å². The van der Waals surface area contributed by atoms with E-state index >= 15 is 0 Å². The molecule has 0 unspecified atom stereocenters. The van der Waals surface area contributed by atoms with Crippen LogP contribution in [0.15, 0.2) is 47.0 Å². The summed E-state index contributed by atoms with van der Waals surface area (Å²) in [5.74, 6) is -0.00477. The lowest BCUT2D eigenvalue weighted by atomic mass is 10.1. The Balaban J connectivity index is 1.67. The van der Waals surface area contributed by atoms with Gasteiger partial charge in [0.1, 0.15) is 17.3 Å². The predicted molar refractivity (Wildman–Crippen MR) is 77.8 cm³/mol. The Kier molecular flexibility index (Phi) is 2.92. The number of hydrogen-bond donors (Lipinski definition) is 0. The molecule has 4 rings (SSSR count). The summed E-state index contributed by atoms with van der Waals surface area (Å²) in [4.78, 5) is 11.7. The maximum Gasteiger partial charge on any atom is 0.314 e. The molecule has 22 heavy (non-hydrogen) atoms. The number of ether oxygens (including phenoxy) is 1. The predicted octanol–water partition coefficient (Wildman–Crippen LogP) is 3.95. The SMILES string of the molecule is O=C(Oc1ccc2c(-c3ccc(F)cc3)noc2c1)C1CC1. The molecule has 4 nitrogen and oxygen atoms in total. The summed E-state index contributed by atoms with van der Waals surface area (Å²) in [6, 6.07) is 11.2. The first-order valence-electron chi connectivity index (χ1n) is 7.08. The molecule has 5 heteroatoms. The zero-order valence-corrected chi connectivity index (χ0v) is 11.6. The van der Waals surface area contributed by atoms with Crippen molar-refractivity contribution in [1.82, 2.24) is 5.16 Å². The van der Waals surface area contributed by atoms with E-state index in [0.717, 1.165) is 23.8 Å². The van der Waals surface area contributed by atoms with E-state index in [1.54, 1.807) is 30.3 Å². The van der Waals surface area contributed by atoms with Crippen LogP contribution in [0.4, 0.5) is 4.39 Å². The van der Waals surface area contributed by atoms with E-state index in [1.165, 1.54) is 12.1 Å². The van der Waals surface area contributed by atoms with Gasteiger partial charge < -0.3 is 9.26 Å². The van der Waals surface area contributed by atoms with Gasteiger partial charge in [0, 0.05) is 17.0 Å². The third-order valence-electron chi connectivity index (χ3n) is 3.69. The van der Waals surface area contributed by atoms with Crippen LogP contribution in [-0.4, -0.2) is 11.1 Å². The molecule has 0 amide bonds. The highest BCUT2D eigenvalue weighted by Crippen LogP contribution is 2.33. The molecule has 1 aromatic heterocycles. The normalized spacial score (nSPS) is 14.2. The molecule has 0 bridgehead atoms. The fourth-order valence-corrected chi connectivity index (χ4v) is 2.32. The molecule has 0 spiro atoms. The van der Waals surface area contributed by atoms with Gasteiger partial charge in [0.2, 0.25) is 0 Å². The van der Waals surface area contributed by atoms with E-state index in [1.807, 2.05) is 0 Å². The number of halogens is 1. The zero-order chi connectivity index (χ0) is 15.1. The minimum atomic E-state index is -0.300. The second kappa shape index (κ2) is 4.94. The minimum absolute atomic E-state index is 0.0419. The van der Waals surface area contributed by atoms with Crippen molar-refractivity contribution in [2.75, 3.05) is 0 Å². The molecule has 1 saturated carbocycles. The Labute approximate surface area is 125 Å². The van der Waals surface area contributed by atoms with Crippen LogP contribution < -0.4 is 4.74 Å². The summed E-state index contributed by atoms with van der Waals surface area (Å²) in [7, 11) is 0. The van der Waals surface area contributed by atoms with Crippen LogP contribution >= 0.6 is 0 Å². The number of aromatic nitrogens is 1. The summed E-state index contributed by atoms with van der Waals surface area (Å²) in [6.45, 7) is 0. The van der Waals surface area contributed by atoms with E-state index in [-0.39, 0.29) is 17.7 Å². The number of carbonyl (C=O) groups is 1. The first-order chi connectivity index (χ1) is 10.7. The van der Waals surface area contributed by atoms with E-state index in [2.05, 4.69) is 5.16 Å². The third-order valence-corrected chi connectivity index (χ3v) is 3.69. The topological polar surface area (TPSA) is 52.3 Å². The van der Waals surface area contributed by atoms with Crippen LogP contribution in [0.5, 0.6) is 5.75 Å². The lowest BCUT2D eigenvalue weighted by Crippen LogP contribution is -2.09. The van der Waals surface area contributed by atoms with Gasteiger partial charge in [-0.25, -0.2) is 4.39 Å². The van der Waals surface area contributed by atoms with Crippen LogP contribution in [0, 0.1) is 11.7 Å². The molecule has 1 heterocycles. The van der Waals surface area contributed by atoms with Crippen molar-refractivity contribution < 1.29 is 18.4 Å². The highest BCUT2D eigenvalue weighted by molar-refractivity contribution is 5.92. The molecule has 0 atom stereocenters. The number of nitrogens with zero attached hydrogens (tertiary/aromatic N) is 1. The smallest absolute Gasteiger partial charge is 0.314 e. The summed E-state index contributed by atoms with van der Waals surface area (Å²) in [5.41, 5.74) is 1.93. The number of rotatable bonds is 3. The van der Waals surface area contributed by atoms with Crippen molar-refractivity contribution in [1.29, 1.82) is 0 Å². The average molecular weight is 297 g/mol. The molecule has 1 aliphatic rings. The molecular weight excluding hydrogens is 285 g/mol. The van der Waals surface area contributed by atoms with Crippen LogP contribution in [0.25, 0.3) is 22.2 Å². The lowest BCUT2D eigenvalue weighted by molar-refractivity contribution is -0.135. The highest BCUT2D eigenvalue weighted by atomic mass is 19.1. The Morgan fingerprint density at radius 3 is 2.68 bits per heavy atom. The summed E-state index contributed by atoms with van der Waals surface area (Å²) >= 11 is 0. The van der Waals surface area contributed by atoms with Crippen LogP contribution in [0.2, 0.25) is 0 Å². The van der Waals surface area contributed by atoms with Crippen LogP contribution in [0.3, 0.4) is 0 Å². The molecule has 0 saturated heterocycles. The Hall–Kier alpha value is -2.69. The number of carbonyl (C=O) groups excluding carboxylic acids is 1. The second-order valence-corrected chi connectivity index (χ2v) is 5.39. The maximum atomic E-state index is 13.0. The average Bonchev–Trinajstić information content (AvgIpc) is 3.29. The Morgan fingerprint density at radius 2 is 1.95 bits per heavy atom. The fourth-order valence-electron chi connectivity index (χ4n) is 2.32. The molecule has 110 valence electrons. The number of benzene rings is 2. The number of hydrogen-bond acceptors (Lipinski definition) is 4.